The van der Waals surface area contributed by atoms with Crippen LogP contribution in [0.4, 0.5) is 5.69 Å². The second-order valence-electron chi connectivity index (χ2n) is 7.75. The summed E-state index contributed by atoms with van der Waals surface area (Å²) in [5.41, 5.74) is 5.33. The van der Waals surface area contributed by atoms with Crippen molar-refractivity contribution in [2.45, 2.75) is 44.2 Å². The third-order valence-corrected chi connectivity index (χ3v) is 6.15. The second kappa shape index (κ2) is 6.70. The Morgan fingerprint density at radius 2 is 1.96 bits per heavy atom. The second-order valence-corrected chi connectivity index (χ2v) is 7.75. The topological polar surface area (TPSA) is 122 Å². The lowest BCUT2D eigenvalue weighted by Gasteiger charge is -2.29. The van der Waals surface area contributed by atoms with Gasteiger partial charge in [0.2, 0.25) is 23.6 Å². The SMILES string of the molecule is CCCCN1C(=O)[C@@H]2[C@H](CCC(N)=O)N[C@]3(C(=O)Nc4ccccc43)[C@@H]2C1=O. The number of anilines is 1. The molecule has 4 amide bonds. The first kappa shape index (κ1) is 18.6. The molecule has 3 aliphatic rings. The summed E-state index contributed by atoms with van der Waals surface area (Å²) in [6.07, 6.45) is 1.95. The minimum atomic E-state index is -1.29. The Kier molecular flexibility index (Phi) is 4.45. The first-order valence-corrected chi connectivity index (χ1v) is 9.74. The molecule has 8 heteroatoms. The first-order chi connectivity index (χ1) is 13.4. The Labute approximate surface area is 162 Å². The number of nitrogens with two attached hydrogens (primary N) is 1. The normalized spacial score (nSPS) is 30.7. The molecule has 1 aromatic carbocycles. The third-order valence-electron chi connectivity index (χ3n) is 6.15. The van der Waals surface area contributed by atoms with Crippen molar-refractivity contribution >= 4 is 29.3 Å². The maximum absolute atomic E-state index is 13.3. The Balaban J connectivity index is 1.79. The zero-order valence-corrected chi connectivity index (χ0v) is 15.7. The van der Waals surface area contributed by atoms with Gasteiger partial charge in [-0.25, -0.2) is 0 Å². The quantitative estimate of drug-likeness (QED) is 0.616. The molecule has 3 heterocycles. The van der Waals surface area contributed by atoms with E-state index in [9.17, 15) is 19.2 Å². The molecular weight excluding hydrogens is 360 g/mol. The fourth-order valence-electron chi connectivity index (χ4n) is 4.90. The smallest absolute Gasteiger partial charge is 0.250 e. The summed E-state index contributed by atoms with van der Waals surface area (Å²) in [6.45, 7) is 2.34. The number of imide groups is 1. The number of fused-ring (bicyclic) bond motifs is 4. The molecule has 0 saturated carbocycles. The molecule has 2 fully saturated rings. The molecule has 1 spiro atoms. The van der Waals surface area contributed by atoms with Crippen molar-refractivity contribution in [3.8, 4) is 0 Å². The van der Waals surface area contributed by atoms with Crippen molar-refractivity contribution in [3.05, 3.63) is 29.8 Å². The highest BCUT2D eigenvalue weighted by Crippen LogP contribution is 2.53. The Hall–Kier alpha value is -2.74. The van der Waals surface area contributed by atoms with E-state index in [1.165, 1.54) is 4.90 Å². The van der Waals surface area contributed by atoms with Crippen LogP contribution in [0.25, 0.3) is 0 Å². The van der Waals surface area contributed by atoms with Crippen LogP contribution in [0.3, 0.4) is 0 Å². The molecular formula is C20H24N4O4. The van der Waals surface area contributed by atoms with Gasteiger partial charge in [-0.1, -0.05) is 31.5 Å². The third kappa shape index (κ3) is 2.47. The summed E-state index contributed by atoms with van der Waals surface area (Å²) in [5.74, 6) is -2.89. The van der Waals surface area contributed by atoms with Gasteiger partial charge in [-0.3, -0.25) is 29.4 Å². The van der Waals surface area contributed by atoms with E-state index in [2.05, 4.69) is 10.6 Å². The number of primary amides is 1. The number of rotatable bonds is 6. The summed E-state index contributed by atoms with van der Waals surface area (Å²) >= 11 is 0. The molecule has 1 aromatic rings. The predicted molar refractivity (Wildman–Crippen MR) is 101 cm³/mol. The van der Waals surface area contributed by atoms with Crippen molar-refractivity contribution in [1.29, 1.82) is 0 Å². The van der Waals surface area contributed by atoms with Crippen LogP contribution in [0.1, 0.15) is 38.2 Å². The molecule has 148 valence electrons. The van der Waals surface area contributed by atoms with Crippen molar-refractivity contribution in [1.82, 2.24) is 10.2 Å². The lowest BCUT2D eigenvalue weighted by atomic mass is 9.76. The first-order valence-electron chi connectivity index (χ1n) is 9.74. The minimum Gasteiger partial charge on any atom is -0.370 e. The van der Waals surface area contributed by atoms with Crippen LogP contribution in [0.5, 0.6) is 0 Å². The summed E-state index contributed by atoms with van der Waals surface area (Å²) in [6, 6.07) is 6.73. The zero-order chi connectivity index (χ0) is 20.1. The van der Waals surface area contributed by atoms with E-state index in [0.29, 0.717) is 30.6 Å². The number of hydrogen-bond donors (Lipinski definition) is 3. The maximum Gasteiger partial charge on any atom is 0.250 e. The summed E-state index contributed by atoms with van der Waals surface area (Å²) < 4.78 is 0. The number of nitrogens with one attached hydrogen (secondary N) is 2. The van der Waals surface area contributed by atoms with Gasteiger partial charge >= 0.3 is 0 Å². The number of carbonyl (C=O) groups excluding carboxylic acids is 4. The van der Waals surface area contributed by atoms with Gasteiger partial charge in [0.05, 0.1) is 11.8 Å². The highest BCUT2D eigenvalue weighted by Gasteiger charge is 2.70. The minimum absolute atomic E-state index is 0.0800. The monoisotopic (exact) mass is 384 g/mol. The number of para-hydroxylation sites is 1. The summed E-state index contributed by atoms with van der Waals surface area (Å²) in [7, 11) is 0. The molecule has 0 unspecified atom stereocenters. The molecule has 4 rings (SSSR count). The van der Waals surface area contributed by atoms with Gasteiger partial charge < -0.3 is 11.1 Å². The fraction of sp³-hybridized carbons (Fsp3) is 0.500. The van der Waals surface area contributed by atoms with Crippen LogP contribution < -0.4 is 16.4 Å². The van der Waals surface area contributed by atoms with Gasteiger partial charge in [-0.05, 0) is 18.9 Å². The van der Waals surface area contributed by atoms with Crippen LogP contribution in [0.15, 0.2) is 24.3 Å². The number of carbonyl (C=O) groups is 4. The van der Waals surface area contributed by atoms with Crippen molar-refractivity contribution in [2.75, 3.05) is 11.9 Å². The van der Waals surface area contributed by atoms with Crippen molar-refractivity contribution in [2.24, 2.45) is 17.6 Å². The highest BCUT2D eigenvalue weighted by molar-refractivity contribution is 6.15. The molecule has 4 N–H and O–H groups in total. The molecule has 0 radical (unpaired) electrons. The molecule has 2 saturated heterocycles. The van der Waals surface area contributed by atoms with Gasteiger partial charge in [0, 0.05) is 30.3 Å². The van der Waals surface area contributed by atoms with Crippen molar-refractivity contribution < 1.29 is 19.2 Å². The lowest BCUT2D eigenvalue weighted by molar-refractivity contribution is -0.143. The van der Waals surface area contributed by atoms with Gasteiger partial charge in [-0.15, -0.1) is 0 Å². The molecule has 3 aliphatic heterocycles. The Bertz CT molecular complexity index is 870. The molecule has 4 atom stereocenters. The van der Waals surface area contributed by atoms with E-state index >= 15 is 0 Å². The van der Waals surface area contributed by atoms with E-state index in [1.807, 2.05) is 19.1 Å². The molecule has 8 nitrogen and oxygen atoms in total. The van der Waals surface area contributed by atoms with Crippen LogP contribution in [0, 0.1) is 11.8 Å². The van der Waals surface area contributed by atoms with Crippen molar-refractivity contribution in [3.63, 3.8) is 0 Å². The zero-order valence-electron chi connectivity index (χ0n) is 15.7. The maximum atomic E-state index is 13.3. The molecule has 0 aliphatic carbocycles. The van der Waals surface area contributed by atoms with Crippen LogP contribution in [-0.4, -0.2) is 41.1 Å². The molecule has 0 aromatic heterocycles. The summed E-state index contributed by atoms with van der Waals surface area (Å²) in [5, 5.41) is 6.13. The van der Waals surface area contributed by atoms with Gasteiger partial charge in [0.25, 0.3) is 0 Å². The number of hydrogen-bond acceptors (Lipinski definition) is 5. The van der Waals surface area contributed by atoms with Crippen LogP contribution in [0.2, 0.25) is 0 Å². The Morgan fingerprint density at radius 3 is 2.68 bits per heavy atom. The number of unbranched alkanes of at least 4 members (excludes halogenated alkanes) is 1. The van der Waals surface area contributed by atoms with E-state index in [0.717, 1.165) is 6.42 Å². The van der Waals surface area contributed by atoms with E-state index in [1.54, 1.807) is 12.1 Å². The number of amides is 4. The van der Waals surface area contributed by atoms with Crippen LogP contribution in [-0.2, 0) is 24.7 Å². The van der Waals surface area contributed by atoms with Gasteiger partial charge in [-0.2, -0.15) is 0 Å². The number of likely N-dealkylation sites (tertiary alicyclic amines) is 1. The van der Waals surface area contributed by atoms with Gasteiger partial charge in [0.1, 0.15) is 5.54 Å². The average molecular weight is 384 g/mol. The van der Waals surface area contributed by atoms with Crippen LogP contribution >= 0.6 is 0 Å². The predicted octanol–water partition coefficient (Wildman–Crippen LogP) is 0.473. The standard InChI is InChI=1S/C20H24N4O4/c1-2-3-10-24-17(26)15-13(8-9-14(21)25)23-20(16(15)18(24)27)11-6-4-5-7-12(11)22-19(20)28/h4-7,13,15-16,23H,2-3,8-10H2,1H3,(H2,21,25)(H,22,28)/t13-,15+,16-,20-/m0/s1. The van der Waals surface area contributed by atoms with Gasteiger partial charge in [0.15, 0.2) is 0 Å². The average Bonchev–Trinajstić information content (AvgIpc) is 3.24. The summed E-state index contributed by atoms with van der Waals surface area (Å²) in [4.78, 5) is 52.2. The largest absolute Gasteiger partial charge is 0.370 e. The van der Waals surface area contributed by atoms with E-state index in [-0.39, 0.29) is 24.1 Å². The molecule has 0 bridgehead atoms. The number of benzene rings is 1. The van der Waals surface area contributed by atoms with E-state index in [4.69, 9.17) is 5.73 Å². The Morgan fingerprint density at radius 1 is 1.21 bits per heavy atom. The van der Waals surface area contributed by atoms with E-state index < -0.39 is 29.3 Å². The molecule has 28 heavy (non-hydrogen) atoms. The highest BCUT2D eigenvalue weighted by atomic mass is 16.2. The lowest BCUT2D eigenvalue weighted by Crippen LogP contribution is -2.53. The number of nitrogens with zero attached hydrogens (tertiary/aromatic N) is 1. The fourth-order valence-corrected chi connectivity index (χ4v) is 4.90.